The third-order valence-electron chi connectivity index (χ3n) is 3.81. The first-order valence-electron chi connectivity index (χ1n) is 7.73. The predicted octanol–water partition coefficient (Wildman–Crippen LogP) is 1.99. The second-order valence-electron chi connectivity index (χ2n) is 5.59. The van der Waals surface area contributed by atoms with Crippen molar-refractivity contribution in [1.29, 1.82) is 0 Å². The Morgan fingerprint density at radius 2 is 1.92 bits per heavy atom. The van der Waals surface area contributed by atoms with Gasteiger partial charge in [0, 0.05) is 0 Å². The highest BCUT2D eigenvalue weighted by molar-refractivity contribution is 5.76. The summed E-state index contributed by atoms with van der Waals surface area (Å²) in [7, 11) is 0. The smallest absolute Gasteiger partial charge is 0.345 e. The molecule has 7 nitrogen and oxygen atoms in total. The number of benzene rings is 2. The van der Waals surface area contributed by atoms with Gasteiger partial charge in [-0.05, 0) is 49.2 Å². The molecule has 1 heterocycles. The summed E-state index contributed by atoms with van der Waals surface area (Å²) < 4.78 is 11.4. The first-order valence-corrected chi connectivity index (χ1v) is 7.73. The van der Waals surface area contributed by atoms with Crippen LogP contribution < -0.4 is 10.3 Å². The lowest BCUT2D eigenvalue weighted by atomic mass is 10.1. The Kier molecular flexibility index (Phi) is 4.74. The highest BCUT2D eigenvalue weighted by atomic mass is 16.6. The van der Waals surface area contributed by atoms with Gasteiger partial charge < -0.3 is 9.47 Å². The van der Waals surface area contributed by atoms with Crippen molar-refractivity contribution in [3.05, 3.63) is 63.9 Å². The van der Waals surface area contributed by atoms with Crippen LogP contribution >= 0.6 is 0 Å². The second-order valence-corrected chi connectivity index (χ2v) is 5.59. The SMILES string of the molecule is Cc1ccc(OCC(=O)OCn2nnc3ccccc3c2=O)cc1C. The highest BCUT2D eigenvalue weighted by Gasteiger charge is 2.09. The number of rotatable bonds is 5. The van der Waals surface area contributed by atoms with Gasteiger partial charge in [0.2, 0.25) is 0 Å². The zero-order valence-electron chi connectivity index (χ0n) is 13.9. The average Bonchev–Trinajstić information content (AvgIpc) is 2.62. The number of ether oxygens (including phenoxy) is 2. The van der Waals surface area contributed by atoms with E-state index in [0.717, 1.165) is 15.8 Å². The van der Waals surface area contributed by atoms with E-state index in [4.69, 9.17) is 9.47 Å². The Morgan fingerprint density at radius 3 is 2.72 bits per heavy atom. The van der Waals surface area contributed by atoms with E-state index < -0.39 is 5.97 Å². The van der Waals surface area contributed by atoms with Crippen molar-refractivity contribution >= 4 is 16.9 Å². The summed E-state index contributed by atoms with van der Waals surface area (Å²) in [6, 6.07) is 12.4. The molecule has 0 aliphatic heterocycles. The Balaban J connectivity index is 1.60. The minimum Gasteiger partial charge on any atom is -0.482 e. The van der Waals surface area contributed by atoms with Gasteiger partial charge in [0.25, 0.3) is 5.56 Å². The van der Waals surface area contributed by atoms with Gasteiger partial charge in [0.1, 0.15) is 11.3 Å². The summed E-state index contributed by atoms with van der Waals surface area (Å²) in [6.45, 7) is 3.39. The summed E-state index contributed by atoms with van der Waals surface area (Å²) >= 11 is 0. The fraction of sp³-hybridized carbons (Fsp3) is 0.222. The van der Waals surface area contributed by atoms with Crippen LogP contribution in [0, 0.1) is 13.8 Å². The van der Waals surface area contributed by atoms with Crippen molar-refractivity contribution in [2.45, 2.75) is 20.6 Å². The molecule has 0 fully saturated rings. The normalized spacial score (nSPS) is 10.6. The van der Waals surface area contributed by atoms with Gasteiger partial charge in [-0.25, -0.2) is 4.79 Å². The number of aryl methyl sites for hydroxylation is 2. The zero-order valence-corrected chi connectivity index (χ0v) is 13.9. The molecule has 7 heteroatoms. The molecule has 0 radical (unpaired) electrons. The minimum atomic E-state index is -0.597. The highest BCUT2D eigenvalue weighted by Crippen LogP contribution is 2.16. The molecule has 0 spiro atoms. The molecule has 0 amide bonds. The van der Waals surface area contributed by atoms with Crippen LogP contribution in [0.4, 0.5) is 0 Å². The summed E-state index contributed by atoms with van der Waals surface area (Å²) in [5.41, 5.74) is 2.34. The average molecular weight is 339 g/mol. The van der Waals surface area contributed by atoms with Crippen molar-refractivity contribution in [2.24, 2.45) is 0 Å². The van der Waals surface area contributed by atoms with Crippen LogP contribution in [0.2, 0.25) is 0 Å². The van der Waals surface area contributed by atoms with E-state index in [1.54, 1.807) is 30.3 Å². The van der Waals surface area contributed by atoms with E-state index in [1.807, 2.05) is 26.0 Å². The Bertz CT molecular complexity index is 981. The lowest BCUT2D eigenvalue weighted by molar-refractivity contribution is -0.150. The number of aromatic nitrogens is 3. The molecule has 0 atom stereocenters. The lowest BCUT2D eigenvalue weighted by Crippen LogP contribution is -2.27. The number of hydrogen-bond acceptors (Lipinski definition) is 6. The molecular weight excluding hydrogens is 322 g/mol. The van der Waals surface area contributed by atoms with E-state index in [2.05, 4.69) is 10.3 Å². The number of hydrogen-bond donors (Lipinski definition) is 0. The maximum Gasteiger partial charge on any atom is 0.345 e. The molecule has 0 bridgehead atoms. The van der Waals surface area contributed by atoms with Crippen LogP contribution in [0.25, 0.3) is 10.9 Å². The van der Waals surface area contributed by atoms with Gasteiger partial charge in [-0.15, -0.1) is 5.10 Å². The molecule has 25 heavy (non-hydrogen) atoms. The van der Waals surface area contributed by atoms with Gasteiger partial charge in [0.05, 0.1) is 5.39 Å². The minimum absolute atomic E-state index is 0.252. The van der Waals surface area contributed by atoms with Gasteiger partial charge in [-0.2, -0.15) is 4.68 Å². The standard InChI is InChI=1S/C18H17N3O4/c1-12-7-8-14(9-13(12)2)24-10-17(22)25-11-21-18(23)15-5-3-4-6-16(15)19-20-21/h3-9H,10-11H2,1-2H3. The molecule has 2 aromatic carbocycles. The summed E-state index contributed by atoms with van der Waals surface area (Å²) in [5.74, 6) is -0.0113. The molecule has 0 saturated heterocycles. The monoisotopic (exact) mass is 339 g/mol. The molecule has 0 aliphatic rings. The molecule has 0 saturated carbocycles. The molecule has 3 rings (SSSR count). The van der Waals surface area contributed by atoms with E-state index in [-0.39, 0.29) is 18.9 Å². The van der Waals surface area contributed by atoms with Crippen molar-refractivity contribution in [3.63, 3.8) is 0 Å². The van der Waals surface area contributed by atoms with Gasteiger partial charge in [0.15, 0.2) is 13.3 Å². The van der Waals surface area contributed by atoms with Crippen molar-refractivity contribution < 1.29 is 14.3 Å². The van der Waals surface area contributed by atoms with Crippen molar-refractivity contribution in [3.8, 4) is 5.75 Å². The van der Waals surface area contributed by atoms with Crippen LogP contribution in [-0.2, 0) is 16.3 Å². The maximum absolute atomic E-state index is 12.2. The van der Waals surface area contributed by atoms with Crippen molar-refractivity contribution in [2.75, 3.05) is 6.61 Å². The first-order chi connectivity index (χ1) is 12.0. The maximum atomic E-state index is 12.2. The molecular formula is C18H17N3O4. The number of fused-ring (bicyclic) bond motifs is 1. The van der Waals surface area contributed by atoms with Gasteiger partial charge in [-0.3, -0.25) is 4.79 Å². The lowest BCUT2D eigenvalue weighted by Gasteiger charge is -2.09. The fourth-order valence-corrected chi connectivity index (χ4v) is 2.23. The van der Waals surface area contributed by atoms with Crippen molar-refractivity contribution in [1.82, 2.24) is 15.0 Å². The van der Waals surface area contributed by atoms with Gasteiger partial charge in [-0.1, -0.05) is 23.4 Å². The third kappa shape index (κ3) is 3.82. The molecule has 3 aromatic rings. The van der Waals surface area contributed by atoms with E-state index in [0.29, 0.717) is 16.7 Å². The fourth-order valence-electron chi connectivity index (χ4n) is 2.23. The summed E-state index contributed by atoms with van der Waals surface area (Å²) in [5, 5.41) is 8.09. The number of nitrogens with zero attached hydrogens (tertiary/aromatic N) is 3. The van der Waals surface area contributed by atoms with Crippen LogP contribution in [0.5, 0.6) is 5.75 Å². The first kappa shape index (κ1) is 16.6. The summed E-state index contributed by atoms with van der Waals surface area (Å²) in [4.78, 5) is 24.0. The molecule has 0 N–H and O–H groups in total. The van der Waals surface area contributed by atoms with Gasteiger partial charge >= 0.3 is 5.97 Å². The Labute approximate surface area is 143 Å². The molecule has 0 unspecified atom stereocenters. The topological polar surface area (TPSA) is 83.3 Å². The van der Waals surface area contributed by atoms with Crippen LogP contribution in [0.15, 0.2) is 47.3 Å². The Morgan fingerprint density at radius 1 is 1.12 bits per heavy atom. The predicted molar refractivity (Wildman–Crippen MR) is 91.3 cm³/mol. The molecule has 1 aromatic heterocycles. The molecule has 128 valence electrons. The van der Waals surface area contributed by atoms with E-state index in [1.165, 1.54) is 0 Å². The summed E-state index contributed by atoms with van der Waals surface area (Å²) in [6.07, 6.45) is 0. The van der Waals surface area contributed by atoms with Crippen LogP contribution in [0.1, 0.15) is 11.1 Å². The Hall–Kier alpha value is -3.22. The van der Waals surface area contributed by atoms with Crippen LogP contribution in [-0.4, -0.2) is 27.6 Å². The van der Waals surface area contributed by atoms with E-state index >= 15 is 0 Å². The molecule has 0 aliphatic carbocycles. The third-order valence-corrected chi connectivity index (χ3v) is 3.81. The largest absolute Gasteiger partial charge is 0.482 e. The number of esters is 1. The number of carbonyl (C=O) groups excluding carboxylic acids is 1. The zero-order chi connectivity index (χ0) is 17.8. The second kappa shape index (κ2) is 7.12. The van der Waals surface area contributed by atoms with Crippen LogP contribution in [0.3, 0.4) is 0 Å². The quantitative estimate of drug-likeness (QED) is 0.661. The number of carbonyl (C=O) groups is 1. The van der Waals surface area contributed by atoms with E-state index in [9.17, 15) is 9.59 Å².